The minimum atomic E-state index is -1.14. The first kappa shape index (κ1) is 70.8. The van der Waals surface area contributed by atoms with Crippen molar-refractivity contribution >= 4 is 70.9 Å². The monoisotopic (exact) mass is 1200 g/mol. The van der Waals surface area contributed by atoms with E-state index in [-0.39, 0.29) is 86.0 Å². The molecule has 2 aromatic carbocycles. The zero-order valence-corrected chi connectivity index (χ0v) is 51.8. The van der Waals surface area contributed by atoms with E-state index < -0.39 is 108 Å². The number of primary amides is 1. The van der Waals surface area contributed by atoms with E-state index >= 15 is 0 Å². The molecule has 24 nitrogen and oxygen atoms in total. The van der Waals surface area contributed by atoms with Crippen molar-refractivity contribution in [1.29, 1.82) is 0 Å². The van der Waals surface area contributed by atoms with E-state index in [2.05, 4.69) is 31.9 Å². The number of methoxy groups -OCH3 is 3. The van der Waals surface area contributed by atoms with Gasteiger partial charge >= 0.3 is 12.0 Å². The van der Waals surface area contributed by atoms with Crippen molar-refractivity contribution in [3.63, 3.8) is 0 Å². The van der Waals surface area contributed by atoms with E-state index in [1.54, 1.807) is 51.5 Å². The summed E-state index contributed by atoms with van der Waals surface area (Å²) in [4.78, 5) is 150. The maximum Gasteiger partial charge on any atom is 0.328 e. The Morgan fingerprint density at radius 3 is 1.95 bits per heavy atom. The zero-order valence-electron chi connectivity index (χ0n) is 51.8. The van der Waals surface area contributed by atoms with Gasteiger partial charge in [0.2, 0.25) is 35.4 Å². The molecule has 0 spiro atoms. The Hall–Kier alpha value is -7.73. The number of hydrogen-bond acceptors (Lipinski definition) is 14. The predicted octanol–water partition coefficient (Wildman–Crippen LogP) is 3.76. The number of nitrogens with zero attached hydrogens (tertiary/aromatic N) is 3. The molecule has 0 radical (unpaired) electrons. The second kappa shape index (κ2) is 35.0. The number of amides is 11. The van der Waals surface area contributed by atoms with Crippen LogP contribution in [0, 0.1) is 23.7 Å². The Kier molecular flexibility index (Phi) is 28.8. The first-order valence-electron chi connectivity index (χ1n) is 29.8. The van der Waals surface area contributed by atoms with E-state index in [0.29, 0.717) is 45.1 Å². The zero-order chi connectivity index (χ0) is 63.8. The Balaban J connectivity index is 1.41. The molecular formula is C62H92N10O14. The van der Waals surface area contributed by atoms with E-state index in [4.69, 9.17) is 19.9 Å². The summed E-state index contributed by atoms with van der Waals surface area (Å²) in [5, 5.41) is 16.5. The third kappa shape index (κ3) is 20.8. The van der Waals surface area contributed by atoms with Crippen LogP contribution >= 0.6 is 0 Å². The SMILES string of the molecule is CC[C@H](C)[C@@H]([C@H](CC(=O)N1CCC[C@H]1[C@H](OC)[C@@H](C)C(=O)N[C@@H](Cc1ccccc1)C(=O)OC)OC)N(C)C(=O)[C@@H](NC(=O)c1ccc(NC(=O)[C@H](CCCNC(N)=O)NC(=O)[C@@H](NC(=O)CCCCCN2C(=O)C=CC2=O)C(C)C)cc1)C(C)C. The van der Waals surface area contributed by atoms with Gasteiger partial charge in [0, 0.05) is 77.1 Å². The largest absolute Gasteiger partial charge is 0.467 e. The number of carbonyl (C=O) groups excluding carboxylic acids is 11. The first-order valence-corrected chi connectivity index (χ1v) is 29.8. The third-order valence-electron chi connectivity index (χ3n) is 16.0. The summed E-state index contributed by atoms with van der Waals surface area (Å²) in [6.45, 7) is 13.5. The van der Waals surface area contributed by atoms with Crippen molar-refractivity contribution in [2.75, 3.05) is 53.3 Å². The molecule has 1 saturated heterocycles. The number of nitrogens with one attached hydrogen (secondary N) is 6. The minimum absolute atomic E-state index is 0.0694. The Morgan fingerprint density at radius 1 is 0.733 bits per heavy atom. The lowest BCUT2D eigenvalue weighted by atomic mass is 9.89. The summed E-state index contributed by atoms with van der Waals surface area (Å²) >= 11 is 0. The van der Waals surface area contributed by atoms with Gasteiger partial charge in [0.05, 0.1) is 43.7 Å². The van der Waals surface area contributed by atoms with Crippen LogP contribution in [-0.4, -0.2) is 176 Å². The molecule has 2 heterocycles. The lowest BCUT2D eigenvalue weighted by Gasteiger charge is -2.40. The molecule has 1 fully saturated rings. The average molecular weight is 1200 g/mol. The number of likely N-dealkylation sites (tertiary alicyclic amines) is 1. The highest BCUT2D eigenvalue weighted by atomic mass is 16.5. The van der Waals surface area contributed by atoms with Crippen molar-refractivity contribution in [3.8, 4) is 0 Å². The number of anilines is 1. The highest BCUT2D eigenvalue weighted by Crippen LogP contribution is 2.30. The third-order valence-corrected chi connectivity index (χ3v) is 16.0. The van der Waals surface area contributed by atoms with Crippen LogP contribution in [0.2, 0.25) is 0 Å². The van der Waals surface area contributed by atoms with Gasteiger partial charge in [-0.3, -0.25) is 48.1 Å². The van der Waals surface area contributed by atoms with Crippen LogP contribution in [0.5, 0.6) is 0 Å². The molecule has 24 heteroatoms. The molecule has 0 saturated carbocycles. The van der Waals surface area contributed by atoms with Gasteiger partial charge in [0.25, 0.3) is 17.7 Å². The van der Waals surface area contributed by atoms with Crippen molar-refractivity contribution in [2.24, 2.45) is 29.4 Å². The molecule has 11 amide bonds. The van der Waals surface area contributed by atoms with Crippen LogP contribution in [0.1, 0.15) is 129 Å². The van der Waals surface area contributed by atoms with Crippen molar-refractivity contribution in [3.05, 3.63) is 77.9 Å². The smallest absolute Gasteiger partial charge is 0.328 e. The molecule has 0 aromatic heterocycles. The molecule has 4 rings (SSSR count). The van der Waals surface area contributed by atoms with Gasteiger partial charge in [0.15, 0.2) is 0 Å². The second-order valence-electron chi connectivity index (χ2n) is 22.9. The number of likely N-dealkylation sites (N-methyl/N-ethyl adjacent to an activating group) is 1. The Morgan fingerprint density at radius 2 is 1.37 bits per heavy atom. The van der Waals surface area contributed by atoms with Gasteiger partial charge in [-0.25, -0.2) is 9.59 Å². The summed E-state index contributed by atoms with van der Waals surface area (Å²) in [6, 6.07) is 9.20. The number of nitrogens with two attached hydrogens (primary N) is 1. The molecule has 2 aliphatic rings. The number of ether oxygens (including phenoxy) is 3. The molecule has 2 aromatic rings. The maximum absolute atomic E-state index is 14.7. The van der Waals surface area contributed by atoms with Crippen molar-refractivity contribution in [2.45, 2.75) is 168 Å². The number of esters is 1. The summed E-state index contributed by atoms with van der Waals surface area (Å²) in [7, 11) is 5.87. The maximum atomic E-state index is 14.7. The summed E-state index contributed by atoms with van der Waals surface area (Å²) in [5.41, 5.74) is 6.53. The number of rotatable bonds is 35. The normalized spacial score (nSPS) is 17.1. The van der Waals surface area contributed by atoms with Crippen LogP contribution in [0.15, 0.2) is 66.7 Å². The molecule has 2 aliphatic heterocycles. The fraction of sp³-hybridized carbons (Fsp3) is 0.597. The quantitative estimate of drug-likeness (QED) is 0.0294. The molecule has 86 heavy (non-hydrogen) atoms. The number of urea groups is 1. The van der Waals surface area contributed by atoms with Crippen LogP contribution in [0.3, 0.4) is 0 Å². The van der Waals surface area contributed by atoms with Gasteiger partial charge in [-0.2, -0.15) is 0 Å². The summed E-state index contributed by atoms with van der Waals surface area (Å²) in [5.74, 6) is -6.35. The topological polar surface area (TPSA) is 323 Å². The highest BCUT2D eigenvalue weighted by Gasteiger charge is 2.43. The fourth-order valence-electron chi connectivity index (χ4n) is 10.9. The standard InChI is InChI=1S/C62H92N10O14/c1-12-39(6)54(47(84-9)36-51(76)71-34-20-24-46(71)55(85-10)40(7)56(77)67-45(61(82)86-11)35-41-21-15-13-16-22-41)70(8)60(81)53(38(4)5)69-57(78)42-26-28-43(29-27-42)65-58(79)44(23-19-32-64-62(63)83)66-59(80)52(37(2)3)68-48(73)25-17-14-18-33-72-49(74)30-31-50(72)75/h13,15-16,21-22,26-31,37-40,44-47,52-55H,12,14,17-20,23-25,32-36H2,1-11H3,(H,65,79)(H,66,80)(H,67,77)(H,68,73)(H,69,78)(H3,63,64,83)/t39-,40+,44-,45-,46-,47-,52-,53-,54-,55+/m0/s1. The van der Waals surface area contributed by atoms with E-state index in [1.165, 1.54) is 57.7 Å². The van der Waals surface area contributed by atoms with E-state index in [0.717, 1.165) is 10.5 Å². The molecule has 10 atom stereocenters. The van der Waals surface area contributed by atoms with Gasteiger partial charge in [0.1, 0.15) is 24.2 Å². The van der Waals surface area contributed by atoms with Crippen LogP contribution in [0.4, 0.5) is 10.5 Å². The van der Waals surface area contributed by atoms with E-state index in [9.17, 15) is 52.7 Å². The first-order chi connectivity index (χ1) is 40.9. The van der Waals surface area contributed by atoms with Crippen LogP contribution in [0.25, 0.3) is 0 Å². The molecule has 474 valence electrons. The minimum Gasteiger partial charge on any atom is -0.467 e. The molecule has 0 aliphatic carbocycles. The summed E-state index contributed by atoms with van der Waals surface area (Å²) in [6.07, 6.45) is 4.76. The molecular weight excluding hydrogens is 1110 g/mol. The molecule has 0 bridgehead atoms. The number of imide groups is 1. The van der Waals surface area contributed by atoms with Gasteiger partial charge in [-0.1, -0.05) is 91.6 Å². The van der Waals surface area contributed by atoms with Gasteiger partial charge in [-0.05, 0) is 86.1 Å². The number of benzene rings is 2. The lowest BCUT2D eigenvalue weighted by molar-refractivity contribution is -0.148. The van der Waals surface area contributed by atoms with Crippen LogP contribution in [-0.2, 0) is 63.8 Å². The predicted molar refractivity (Wildman–Crippen MR) is 321 cm³/mol. The lowest BCUT2D eigenvalue weighted by Crippen LogP contribution is -2.58. The fourth-order valence-corrected chi connectivity index (χ4v) is 10.9. The van der Waals surface area contributed by atoms with Crippen molar-refractivity contribution in [1.82, 2.24) is 41.3 Å². The number of hydrogen-bond donors (Lipinski definition) is 7. The Labute approximate surface area is 505 Å². The Bertz CT molecular complexity index is 2650. The number of unbranched alkanes of at least 4 members (excludes halogenated alkanes) is 2. The average Bonchev–Trinajstić information content (AvgIpc) is 2.50. The van der Waals surface area contributed by atoms with Crippen LogP contribution < -0.4 is 37.6 Å². The van der Waals surface area contributed by atoms with Gasteiger partial charge < -0.3 is 61.6 Å². The van der Waals surface area contributed by atoms with Gasteiger partial charge in [-0.15, -0.1) is 0 Å². The number of carbonyl (C=O) groups is 11. The van der Waals surface area contributed by atoms with E-state index in [1.807, 2.05) is 44.2 Å². The highest BCUT2D eigenvalue weighted by molar-refractivity contribution is 6.12. The van der Waals surface area contributed by atoms with Crippen molar-refractivity contribution < 1.29 is 67.0 Å². The molecule has 8 N–H and O–H groups in total. The molecule has 0 unspecified atom stereocenters. The summed E-state index contributed by atoms with van der Waals surface area (Å²) < 4.78 is 17.0. The second-order valence-corrected chi connectivity index (χ2v) is 22.9.